The van der Waals surface area contributed by atoms with Gasteiger partial charge in [0.15, 0.2) is 5.78 Å². The minimum absolute atomic E-state index is 0.00216. The lowest BCUT2D eigenvalue weighted by Crippen LogP contribution is -2.21. The van der Waals surface area contributed by atoms with E-state index in [1.54, 1.807) is 47.0 Å². The molecule has 31 heavy (non-hydrogen) atoms. The Morgan fingerprint density at radius 2 is 1.87 bits per heavy atom. The average molecular weight is 434 g/mol. The molecule has 0 unspecified atom stereocenters. The molecule has 0 saturated heterocycles. The van der Waals surface area contributed by atoms with Crippen molar-refractivity contribution in [3.8, 4) is 0 Å². The molecular formula is C23H16ClN3O4. The number of non-ortho nitro benzene ring substituents is 1. The normalized spacial score (nSPS) is 10.9. The standard InChI is InChI=1S/C23H16ClN3O4/c1-14-5-10-19-22(29)20(21(28)16-3-2-4-17(24)11-16)13-26(23(19)25-14)12-15-6-8-18(9-7-15)27(30)31/h2-11,13H,12H2,1H3. The third kappa shape index (κ3) is 4.08. The summed E-state index contributed by atoms with van der Waals surface area (Å²) in [6, 6.07) is 15.9. The monoisotopic (exact) mass is 433 g/mol. The van der Waals surface area contributed by atoms with E-state index < -0.39 is 16.1 Å². The first-order valence-electron chi connectivity index (χ1n) is 9.38. The Bertz CT molecular complexity index is 1390. The number of benzene rings is 2. The number of carbonyl (C=O) groups excluding carboxylic acids is 1. The van der Waals surface area contributed by atoms with Crippen LogP contribution in [-0.2, 0) is 6.54 Å². The molecule has 0 aliphatic carbocycles. The smallest absolute Gasteiger partial charge is 0.269 e. The van der Waals surface area contributed by atoms with Crippen LogP contribution in [0.15, 0.2) is 71.7 Å². The van der Waals surface area contributed by atoms with Gasteiger partial charge in [-0.2, -0.15) is 0 Å². The first-order chi connectivity index (χ1) is 14.8. The number of hydrogen-bond donors (Lipinski definition) is 0. The van der Waals surface area contributed by atoms with Gasteiger partial charge in [-0.1, -0.05) is 35.9 Å². The molecule has 0 aliphatic heterocycles. The number of nitro groups is 1. The van der Waals surface area contributed by atoms with Gasteiger partial charge in [0.2, 0.25) is 5.43 Å². The summed E-state index contributed by atoms with van der Waals surface area (Å²) >= 11 is 6.01. The van der Waals surface area contributed by atoms with Crippen molar-refractivity contribution in [1.29, 1.82) is 0 Å². The second-order valence-corrected chi connectivity index (χ2v) is 7.52. The van der Waals surface area contributed by atoms with Crippen LogP contribution < -0.4 is 5.43 Å². The Hall–Kier alpha value is -3.84. The number of nitrogens with zero attached hydrogens (tertiary/aromatic N) is 3. The van der Waals surface area contributed by atoms with E-state index in [-0.39, 0.29) is 17.8 Å². The molecule has 0 bridgehead atoms. The maximum absolute atomic E-state index is 13.1. The minimum atomic E-state index is -0.467. The van der Waals surface area contributed by atoms with E-state index >= 15 is 0 Å². The highest BCUT2D eigenvalue weighted by atomic mass is 35.5. The SMILES string of the molecule is Cc1ccc2c(=O)c(C(=O)c3cccc(Cl)c3)cn(Cc3ccc([N+](=O)[O-])cc3)c2n1. The molecule has 0 radical (unpaired) electrons. The summed E-state index contributed by atoms with van der Waals surface area (Å²) in [5.41, 5.74) is 1.81. The van der Waals surface area contributed by atoms with Gasteiger partial charge in [0.25, 0.3) is 5.69 Å². The lowest BCUT2D eigenvalue weighted by atomic mass is 10.0. The topological polar surface area (TPSA) is 95.1 Å². The molecule has 154 valence electrons. The molecule has 2 heterocycles. The predicted molar refractivity (Wildman–Crippen MR) is 118 cm³/mol. The molecule has 2 aromatic carbocycles. The van der Waals surface area contributed by atoms with Crippen molar-refractivity contribution in [3.05, 3.63) is 115 Å². The van der Waals surface area contributed by atoms with E-state index in [0.29, 0.717) is 21.6 Å². The summed E-state index contributed by atoms with van der Waals surface area (Å²) in [6.45, 7) is 2.09. The zero-order valence-corrected chi connectivity index (χ0v) is 17.2. The Kier molecular flexibility index (Phi) is 5.35. The Labute approximate surface area is 181 Å². The lowest BCUT2D eigenvalue weighted by molar-refractivity contribution is -0.384. The summed E-state index contributed by atoms with van der Waals surface area (Å²) in [7, 11) is 0. The molecule has 0 spiro atoms. The maximum Gasteiger partial charge on any atom is 0.269 e. The fourth-order valence-corrected chi connectivity index (χ4v) is 3.54. The second kappa shape index (κ2) is 8.12. The average Bonchev–Trinajstić information content (AvgIpc) is 2.75. The van der Waals surface area contributed by atoms with E-state index in [1.807, 2.05) is 6.92 Å². The Balaban J connectivity index is 1.86. The van der Waals surface area contributed by atoms with Gasteiger partial charge in [0.05, 0.1) is 15.9 Å². The van der Waals surface area contributed by atoms with E-state index in [4.69, 9.17) is 11.6 Å². The first kappa shape index (κ1) is 20.4. The van der Waals surface area contributed by atoms with Crippen molar-refractivity contribution in [2.24, 2.45) is 0 Å². The number of carbonyl (C=O) groups is 1. The first-order valence-corrected chi connectivity index (χ1v) is 9.75. The van der Waals surface area contributed by atoms with Crippen molar-refractivity contribution >= 4 is 34.1 Å². The number of aryl methyl sites for hydroxylation is 1. The molecule has 0 atom stereocenters. The summed E-state index contributed by atoms with van der Waals surface area (Å²) in [5.74, 6) is -0.438. The van der Waals surface area contributed by atoms with Gasteiger partial charge >= 0.3 is 0 Å². The zero-order valence-electron chi connectivity index (χ0n) is 16.4. The number of nitro benzene ring substituents is 1. The predicted octanol–water partition coefficient (Wildman–Crippen LogP) is 4.55. The van der Waals surface area contributed by atoms with Crippen LogP contribution in [0.1, 0.15) is 27.2 Å². The van der Waals surface area contributed by atoms with Gasteiger partial charge in [-0.05, 0) is 36.8 Å². The van der Waals surface area contributed by atoms with Crippen LogP contribution in [0.3, 0.4) is 0 Å². The number of fused-ring (bicyclic) bond motifs is 1. The molecule has 8 heteroatoms. The van der Waals surface area contributed by atoms with E-state index in [9.17, 15) is 19.7 Å². The summed E-state index contributed by atoms with van der Waals surface area (Å²) in [6.07, 6.45) is 1.49. The van der Waals surface area contributed by atoms with Gasteiger partial charge < -0.3 is 4.57 Å². The lowest BCUT2D eigenvalue weighted by Gasteiger charge is -2.13. The molecule has 2 aromatic heterocycles. The number of hydrogen-bond acceptors (Lipinski definition) is 5. The Morgan fingerprint density at radius 1 is 1.13 bits per heavy atom. The molecule has 4 rings (SSSR count). The van der Waals surface area contributed by atoms with Crippen molar-refractivity contribution in [2.75, 3.05) is 0 Å². The molecule has 0 fully saturated rings. The maximum atomic E-state index is 13.1. The van der Waals surface area contributed by atoms with Gasteiger partial charge in [0.1, 0.15) is 5.65 Å². The van der Waals surface area contributed by atoms with Crippen molar-refractivity contribution in [3.63, 3.8) is 0 Å². The quantitative estimate of drug-likeness (QED) is 0.261. The highest BCUT2D eigenvalue weighted by Gasteiger charge is 2.18. The second-order valence-electron chi connectivity index (χ2n) is 7.09. The number of ketones is 1. The molecule has 0 amide bonds. The van der Waals surface area contributed by atoms with Crippen LogP contribution in [0.4, 0.5) is 5.69 Å². The number of rotatable bonds is 5. The van der Waals surface area contributed by atoms with Crippen LogP contribution in [0.25, 0.3) is 11.0 Å². The fraction of sp³-hybridized carbons (Fsp3) is 0.0870. The molecule has 0 aliphatic rings. The highest BCUT2D eigenvalue weighted by Crippen LogP contribution is 2.19. The number of pyridine rings is 2. The van der Waals surface area contributed by atoms with Crippen LogP contribution in [0.5, 0.6) is 0 Å². The highest BCUT2D eigenvalue weighted by molar-refractivity contribution is 6.31. The largest absolute Gasteiger partial charge is 0.327 e. The van der Waals surface area contributed by atoms with Crippen molar-refractivity contribution in [2.45, 2.75) is 13.5 Å². The van der Waals surface area contributed by atoms with E-state index in [0.717, 1.165) is 11.3 Å². The number of halogens is 1. The zero-order chi connectivity index (χ0) is 22.1. The Morgan fingerprint density at radius 3 is 2.55 bits per heavy atom. The molecular weight excluding hydrogens is 418 g/mol. The van der Waals surface area contributed by atoms with Crippen LogP contribution >= 0.6 is 11.6 Å². The van der Waals surface area contributed by atoms with Crippen LogP contribution in [0.2, 0.25) is 5.02 Å². The molecule has 7 nitrogen and oxygen atoms in total. The fourth-order valence-electron chi connectivity index (χ4n) is 3.35. The third-order valence-corrected chi connectivity index (χ3v) is 5.13. The summed E-state index contributed by atoms with van der Waals surface area (Å²) in [4.78, 5) is 41.1. The van der Waals surface area contributed by atoms with Crippen molar-refractivity contribution in [1.82, 2.24) is 9.55 Å². The minimum Gasteiger partial charge on any atom is -0.327 e. The van der Waals surface area contributed by atoms with Gasteiger partial charge in [-0.25, -0.2) is 4.98 Å². The van der Waals surface area contributed by atoms with Gasteiger partial charge in [0, 0.05) is 41.2 Å². The number of aromatic nitrogens is 2. The molecule has 4 aromatic rings. The van der Waals surface area contributed by atoms with Crippen LogP contribution in [0, 0.1) is 17.0 Å². The van der Waals surface area contributed by atoms with Crippen LogP contribution in [-0.4, -0.2) is 20.3 Å². The van der Waals surface area contributed by atoms with Gasteiger partial charge in [-0.15, -0.1) is 0 Å². The van der Waals surface area contributed by atoms with E-state index in [2.05, 4.69) is 4.98 Å². The van der Waals surface area contributed by atoms with E-state index in [1.165, 1.54) is 24.4 Å². The third-order valence-electron chi connectivity index (χ3n) is 4.89. The molecule has 0 N–H and O–H groups in total. The summed E-state index contributed by atoms with van der Waals surface area (Å²) in [5, 5.41) is 11.6. The summed E-state index contributed by atoms with van der Waals surface area (Å²) < 4.78 is 1.71. The van der Waals surface area contributed by atoms with Gasteiger partial charge in [-0.3, -0.25) is 19.7 Å². The van der Waals surface area contributed by atoms with Crippen molar-refractivity contribution < 1.29 is 9.72 Å². The molecule has 0 saturated carbocycles.